The van der Waals surface area contributed by atoms with Gasteiger partial charge >= 0.3 is 0 Å². The zero-order valence-corrected chi connectivity index (χ0v) is 9.62. The van der Waals surface area contributed by atoms with Gasteiger partial charge in [0.15, 0.2) is 0 Å². The van der Waals surface area contributed by atoms with Crippen molar-refractivity contribution in [3.05, 3.63) is 29.8 Å². The molecule has 0 atom stereocenters. The molecule has 0 bridgehead atoms. The van der Waals surface area contributed by atoms with Crippen LogP contribution in [0.1, 0.15) is 25.8 Å². The molecule has 2 nitrogen and oxygen atoms in total. The third kappa shape index (κ3) is 3.74. The number of carbonyl (C=O) groups excluding carboxylic acids is 1. The van der Waals surface area contributed by atoms with E-state index in [9.17, 15) is 4.79 Å². The highest BCUT2D eigenvalue weighted by Gasteiger charge is 2.09. The molecule has 0 radical (unpaired) electrons. The van der Waals surface area contributed by atoms with Gasteiger partial charge in [0.05, 0.1) is 7.11 Å². The number of Topliss-reactive ketones (excluding diaryl/α,β-unsaturated/α-hetero) is 1. The van der Waals surface area contributed by atoms with Gasteiger partial charge in [0.25, 0.3) is 0 Å². The fourth-order valence-electron chi connectivity index (χ4n) is 1.59. The molecule has 0 amide bonds. The van der Waals surface area contributed by atoms with Crippen molar-refractivity contribution in [2.45, 2.75) is 26.7 Å². The molecule has 0 heterocycles. The topological polar surface area (TPSA) is 26.3 Å². The van der Waals surface area contributed by atoms with Crippen molar-refractivity contribution in [3.63, 3.8) is 0 Å². The SMILES string of the molecule is COc1ccccc1CC(=O)CC(C)C. The molecule has 15 heavy (non-hydrogen) atoms. The Hall–Kier alpha value is -1.31. The normalized spacial score (nSPS) is 10.4. The van der Waals surface area contributed by atoms with Crippen LogP contribution in [-0.4, -0.2) is 12.9 Å². The van der Waals surface area contributed by atoms with E-state index in [0.29, 0.717) is 18.8 Å². The van der Waals surface area contributed by atoms with Crippen LogP contribution in [0.4, 0.5) is 0 Å². The third-order valence-corrected chi connectivity index (χ3v) is 2.22. The minimum Gasteiger partial charge on any atom is -0.496 e. The van der Waals surface area contributed by atoms with Crippen LogP contribution in [0.2, 0.25) is 0 Å². The van der Waals surface area contributed by atoms with Gasteiger partial charge in [-0.1, -0.05) is 32.0 Å². The fraction of sp³-hybridized carbons (Fsp3) is 0.462. The molecule has 0 saturated carbocycles. The molecular formula is C13H18O2. The molecule has 1 aromatic rings. The number of methoxy groups -OCH3 is 1. The number of rotatable bonds is 5. The number of ketones is 1. The molecule has 0 fully saturated rings. The molecule has 0 unspecified atom stereocenters. The maximum Gasteiger partial charge on any atom is 0.137 e. The molecular weight excluding hydrogens is 188 g/mol. The first kappa shape index (κ1) is 11.8. The summed E-state index contributed by atoms with van der Waals surface area (Å²) in [5.74, 6) is 1.50. The monoisotopic (exact) mass is 206 g/mol. The van der Waals surface area contributed by atoms with E-state index in [4.69, 9.17) is 4.74 Å². The number of carbonyl (C=O) groups is 1. The lowest BCUT2D eigenvalue weighted by molar-refractivity contribution is -0.119. The summed E-state index contributed by atoms with van der Waals surface area (Å²) < 4.78 is 5.20. The maximum absolute atomic E-state index is 11.6. The van der Waals surface area contributed by atoms with E-state index in [1.807, 2.05) is 24.3 Å². The Morgan fingerprint density at radius 1 is 1.33 bits per heavy atom. The van der Waals surface area contributed by atoms with E-state index in [1.165, 1.54) is 0 Å². The highest BCUT2D eigenvalue weighted by atomic mass is 16.5. The number of benzene rings is 1. The lowest BCUT2D eigenvalue weighted by Crippen LogP contribution is -2.07. The number of para-hydroxylation sites is 1. The van der Waals surface area contributed by atoms with E-state index in [-0.39, 0.29) is 5.78 Å². The molecule has 0 saturated heterocycles. The third-order valence-electron chi connectivity index (χ3n) is 2.22. The van der Waals surface area contributed by atoms with E-state index in [2.05, 4.69) is 13.8 Å². The fourth-order valence-corrected chi connectivity index (χ4v) is 1.59. The number of hydrogen-bond acceptors (Lipinski definition) is 2. The molecule has 0 aromatic heterocycles. The quantitative estimate of drug-likeness (QED) is 0.740. The van der Waals surface area contributed by atoms with Crippen molar-refractivity contribution in [2.75, 3.05) is 7.11 Å². The average molecular weight is 206 g/mol. The minimum absolute atomic E-state index is 0.273. The average Bonchev–Trinajstić information content (AvgIpc) is 2.17. The van der Waals surface area contributed by atoms with Gasteiger partial charge < -0.3 is 4.74 Å². The van der Waals surface area contributed by atoms with Gasteiger partial charge in [-0.15, -0.1) is 0 Å². The molecule has 0 aliphatic rings. The zero-order chi connectivity index (χ0) is 11.3. The summed E-state index contributed by atoms with van der Waals surface area (Å²) >= 11 is 0. The first-order valence-corrected chi connectivity index (χ1v) is 5.27. The van der Waals surface area contributed by atoms with Crippen molar-refractivity contribution in [2.24, 2.45) is 5.92 Å². The van der Waals surface area contributed by atoms with Crippen LogP contribution in [0.15, 0.2) is 24.3 Å². The second-order valence-electron chi connectivity index (χ2n) is 4.13. The van der Waals surface area contributed by atoms with Crippen LogP contribution in [0, 0.1) is 5.92 Å². The Morgan fingerprint density at radius 3 is 2.60 bits per heavy atom. The standard InChI is InChI=1S/C13H18O2/c1-10(2)8-12(14)9-11-6-4-5-7-13(11)15-3/h4-7,10H,8-9H2,1-3H3. The minimum atomic E-state index is 0.273. The van der Waals surface area contributed by atoms with Gasteiger partial charge in [0, 0.05) is 18.4 Å². The summed E-state index contributed by atoms with van der Waals surface area (Å²) in [7, 11) is 1.63. The Bertz CT molecular complexity index is 329. The molecule has 0 aliphatic carbocycles. The lowest BCUT2D eigenvalue weighted by atomic mass is 10.0. The zero-order valence-electron chi connectivity index (χ0n) is 9.62. The van der Waals surface area contributed by atoms with Crippen molar-refractivity contribution in [1.29, 1.82) is 0 Å². The molecule has 0 N–H and O–H groups in total. The maximum atomic E-state index is 11.6. The van der Waals surface area contributed by atoms with E-state index < -0.39 is 0 Å². The van der Waals surface area contributed by atoms with Gasteiger partial charge in [-0.3, -0.25) is 4.79 Å². The number of ether oxygens (including phenoxy) is 1. The summed E-state index contributed by atoms with van der Waals surface area (Å²) in [6, 6.07) is 7.67. The Labute approximate surface area is 91.3 Å². The van der Waals surface area contributed by atoms with Gasteiger partial charge in [-0.25, -0.2) is 0 Å². The Morgan fingerprint density at radius 2 is 2.00 bits per heavy atom. The van der Waals surface area contributed by atoms with Gasteiger partial charge in [0.2, 0.25) is 0 Å². The van der Waals surface area contributed by atoms with Crippen molar-refractivity contribution in [3.8, 4) is 5.75 Å². The van der Waals surface area contributed by atoms with Crippen LogP contribution in [0.3, 0.4) is 0 Å². The van der Waals surface area contributed by atoms with Crippen molar-refractivity contribution >= 4 is 5.78 Å². The Kier molecular flexibility index (Phi) is 4.35. The number of hydrogen-bond donors (Lipinski definition) is 0. The molecule has 0 spiro atoms. The van der Waals surface area contributed by atoms with Gasteiger partial charge in [-0.05, 0) is 12.0 Å². The predicted molar refractivity (Wildman–Crippen MR) is 61.2 cm³/mol. The van der Waals surface area contributed by atoms with E-state index in [1.54, 1.807) is 7.11 Å². The highest BCUT2D eigenvalue weighted by Crippen LogP contribution is 2.19. The summed E-state index contributed by atoms with van der Waals surface area (Å²) in [6.45, 7) is 4.11. The van der Waals surface area contributed by atoms with Crippen molar-refractivity contribution < 1.29 is 9.53 Å². The molecule has 0 aliphatic heterocycles. The first-order chi connectivity index (χ1) is 7.13. The molecule has 2 heteroatoms. The molecule has 1 aromatic carbocycles. The Balaban J connectivity index is 2.67. The summed E-state index contributed by atoms with van der Waals surface area (Å²) in [6.07, 6.45) is 1.11. The van der Waals surface area contributed by atoms with E-state index in [0.717, 1.165) is 11.3 Å². The first-order valence-electron chi connectivity index (χ1n) is 5.27. The van der Waals surface area contributed by atoms with Crippen molar-refractivity contribution in [1.82, 2.24) is 0 Å². The second kappa shape index (κ2) is 5.54. The lowest BCUT2D eigenvalue weighted by Gasteiger charge is -2.08. The summed E-state index contributed by atoms with van der Waals surface area (Å²) in [5.41, 5.74) is 0.977. The smallest absolute Gasteiger partial charge is 0.137 e. The summed E-state index contributed by atoms with van der Waals surface area (Å²) in [4.78, 5) is 11.6. The van der Waals surface area contributed by atoms with Gasteiger partial charge in [0.1, 0.15) is 11.5 Å². The van der Waals surface area contributed by atoms with Gasteiger partial charge in [-0.2, -0.15) is 0 Å². The predicted octanol–water partition coefficient (Wildman–Crippen LogP) is 2.85. The van der Waals surface area contributed by atoms with Crippen LogP contribution in [0.25, 0.3) is 0 Å². The van der Waals surface area contributed by atoms with Crippen LogP contribution in [0.5, 0.6) is 5.75 Å². The van der Waals surface area contributed by atoms with Crippen LogP contribution >= 0.6 is 0 Å². The highest BCUT2D eigenvalue weighted by molar-refractivity contribution is 5.81. The van der Waals surface area contributed by atoms with Crippen LogP contribution < -0.4 is 4.74 Å². The van der Waals surface area contributed by atoms with Crippen LogP contribution in [-0.2, 0) is 11.2 Å². The second-order valence-corrected chi connectivity index (χ2v) is 4.13. The molecule has 82 valence electrons. The van der Waals surface area contributed by atoms with E-state index >= 15 is 0 Å². The summed E-state index contributed by atoms with van der Waals surface area (Å²) in [5, 5.41) is 0. The largest absolute Gasteiger partial charge is 0.496 e. The molecule has 1 rings (SSSR count).